The van der Waals surface area contributed by atoms with Crippen LogP contribution in [0.3, 0.4) is 0 Å². The lowest BCUT2D eigenvalue weighted by atomic mass is 9.83. The molecule has 2 aliphatic rings. The van der Waals surface area contributed by atoms with Gasteiger partial charge in [-0.2, -0.15) is 0 Å². The number of halogens is 2. The molecule has 0 bridgehead atoms. The molecular weight excluding hydrogens is 519 g/mol. The highest BCUT2D eigenvalue weighted by Crippen LogP contribution is 2.41. The number of thiazole rings is 1. The molecule has 7 heteroatoms. The number of fused-ring (bicyclic) bond motifs is 3. The van der Waals surface area contributed by atoms with Crippen molar-refractivity contribution in [3.05, 3.63) is 143 Å². The minimum Gasteiger partial charge on any atom is -0.457 e. The van der Waals surface area contributed by atoms with Crippen molar-refractivity contribution in [1.82, 2.24) is 4.57 Å². The SMILES string of the molecule is O=c1/c(=C\c2ccc(-c3cccc(Cl)c3)o2)sc2n1[C@@H](c1ccc(F)cc1)C1=C(N=2)c2ccccc2CC1. The first-order valence-electron chi connectivity index (χ1n) is 12.3. The van der Waals surface area contributed by atoms with Crippen LogP contribution in [0.5, 0.6) is 0 Å². The zero-order valence-corrected chi connectivity index (χ0v) is 21.6. The Morgan fingerprint density at radius 2 is 1.84 bits per heavy atom. The van der Waals surface area contributed by atoms with Crippen LogP contribution in [0.4, 0.5) is 4.39 Å². The Labute approximate surface area is 226 Å². The van der Waals surface area contributed by atoms with E-state index in [1.165, 1.54) is 29.0 Å². The first kappa shape index (κ1) is 23.1. The van der Waals surface area contributed by atoms with Crippen molar-refractivity contribution in [1.29, 1.82) is 0 Å². The Balaban J connectivity index is 1.40. The largest absolute Gasteiger partial charge is 0.457 e. The van der Waals surface area contributed by atoms with Crippen LogP contribution in [-0.2, 0) is 6.42 Å². The summed E-state index contributed by atoms with van der Waals surface area (Å²) in [6.45, 7) is 0. The zero-order valence-electron chi connectivity index (χ0n) is 20.0. The van der Waals surface area contributed by atoms with Crippen LogP contribution in [0.25, 0.3) is 23.1 Å². The number of aromatic nitrogens is 1. The summed E-state index contributed by atoms with van der Waals surface area (Å²) in [5.74, 6) is 0.929. The number of nitrogens with zero attached hydrogens (tertiary/aromatic N) is 2. The van der Waals surface area contributed by atoms with Crippen molar-refractivity contribution in [3.63, 3.8) is 0 Å². The second-order valence-electron chi connectivity index (χ2n) is 9.38. The summed E-state index contributed by atoms with van der Waals surface area (Å²) >= 11 is 7.47. The van der Waals surface area contributed by atoms with Gasteiger partial charge in [-0.05, 0) is 65.9 Å². The molecule has 1 aliphatic carbocycles. The average Bonchev–Trinajstić information content (AvgIpc) is 3.52. The van der Waals surface area contributed by atoms with E-state index in [9.17, 15) is 9.18 Å². The van der Waals surface area contributed by atoms with Crippen LogP contribution < -0.4 is 14.9 Å². The smallest absolute Gasteiger partial charge is 0.271 e. The van der Waals surface area contributed by atoms with E-state index in [2.05, 4.69) is 12.1 Å². The van der Waals surface area contributed by atoms with Crippen molar-refractivity contribution >= 4 is 34.7 Å². The zero-order chi connectivity index (χ0) is 25.8. The maximum Gasteiger partial charge on any atom is 0.271 e. The molecular formula is C31H20ClFN2O2S. The molecule has 4 nitrogen and oxygen atoms in total. The van der Waals surface area contributed by atoms with Crippen LogP contribution >= 0.6 is 22.9 Å². The van der Waals surface area contributed by atoms with Gasteiger partial charge in [-0.3, -0.25) is 9.36 Å². The number of aryl methyl sites for hydroxylation is 1. The highest BCUT2D eigenvalue weighted by Gasteiger charge is 2.32. The summed E-state index contributed by atoms with van der Waals surface area (Å²) in [5, 5.41) is 0.625. The Morgan fingerprint density at radius 3 is 2.68 bits per heavy atom. The van der Waals surface area contributed by atoms with Gasteiger partial charge in [0.05, 0.1) is 16.3 Å². The maximum absolute atomic E-state index is 13.8. The van der Waals surface area contributed by atoms with Gasteiger partial charge in [-0.15, -0.1) is 0 Å². The predicted octanol–water partition coefficient (Wildman–Crippen LogP) is 6.37. The topological polar surface area (TPSA) is 47.5 Å². The van der Waals surface area contributed by atoms with Crippen molar-refractivity contribution in [2.45, 2.75) is 18.9 Å². The number of rotatable bonds is 3. The highest BCUT2D eigenvalue weighted by atomic mass is 35.5. The van der Waals surface area contributed by atoms with Crippen molar-refractivity contribution < 1.29 is 8.81 Å². The summed E-state index contributed by atoms with van der Waals surface area (Å²) in [7, 11) is 0. The number of hydrogen-bond acceptors (Lipinski definition) is 4. The minimum absolute atomic E-state index is 0.144. The molecule has 186 valence electrons. The first-order chi connectivity index (χ1) is 18.5. The molecule has 2 aromatic heterocycles. The third kappa shape index (κ3) is 3.88. The molecule has 0 spiro atoms. The summed E-state index contributed by atoms with van der Waals surface area (Å²) in [6, 6.07) is 25.5. The van der Waals surface area contributed by atoms with Crippen LogP contribution in [0.2, 0.25) is 5.02 Å². The molecule has 3 heterocycles. The van der Waals surface area contributed by atoms with E-state index >= 15 is 0 Å². The van der Waals surface area contributed by atoms with E-state index in [0.29, 0.717) is 25.9 Å². The number of hydrogen-bond donors (Lipinski definition) is 0. The van der Waals surface area contributed by atoms with Crippen LogP contribution in [0.1, 0.15) is 34.9 Å². The lowest BCUT2D eigenvalue weighted by molar-refractivity contribution is 0.570. The van der Waals surface area contributed by atoms with Crippen molar-refractivity contribution in [2.75, 3.05) is 0 Å². The molecule has 0 unspecified atom stereocenters. The second kappa shape index (κ2) is 9.08. The molecule has 0 fully saturated rings. The van der Waals surface area contributed by atoms with Gasteiger partial charge in [0.15, 0.2) is 4.80 Å². The Hall–Kier alpha value is -4.00. The number of furan rings is 1. The van der Waals surface area contributed by atoms with Gasteiger partial charge in [0.2, 0.25) is 0 Å². The fourth-order valence-corrected chi connectivity index (χ4v) is 6.50. The summed E-state index contributed by atoms with van der Waals surface area (Å²) in [6.07, 6.45) is 3.41. The minimum atomic E-state index is -0.351. The van der Waals surface area contributed by atoms with E-state index in [1.54, 1.807) is 22.8 Å². The van der Waals surface area contributed by atoms with Crippen LogP contribution in [-0.4, -0.2) is 4.57 Å². The monoisotopic (exact) mass is 538 g/mol. The summed E-state index contributed by atoms with van der Waals surface area (Å²) in [5.41, 5.74) is 5.91. The Kier molecular flexibility index (Phi) is 5.53. The van der Waals surface area contributed by atoms with Crippen LogP contribution in [0, 0.1) is 5.82 Å². The molecule has 7 rings (SSSR count). The third-order valence-electron chi connectivity index (χ3n) is 7.07. The molecule has 1 atom stereocenters. The molecule has 0 amide bonds. The molecule has 0 radical (unpaired) electrons. The molecule has 1 aliphatic heterocycles. The summed E-state index contributed by atoms with van der Waals surface area (Å²) < 4.78 is 22.1. The Bertz CT molecular complexity index is 1930. The first-order valence-corrected chi connectivity index (χ1v) is 13.5. The normalized spacial score (nSPS) is 16.6. The molecule has 0 N–H and O–H groups in total. The van der Waals surface area contributed by atoms with E-state index in [4.69, 9.17) is 21.0 Å². The van der Waals surface area contributed by atoms with Crippen molar-refractivity contribution in [2.24, 2.45) is 4.99 Å². The van der Waals surface area contributed by atoms with Gasteiger partial charge >= 0.3 is 0 Å². The van der Waals surface area contributed by atoms with E-state index in [1.807, 2.05) is 48.5 Å². The van der Waals surface area contributed by atoms with Gasteiger partial charge in [0.25, 0.3) is 5.56 Å². The van der Waals surface area contributed by atoms with Gasteiger partial charge < -0.3 is 4.42 Å². The van der Waals surface area contributed by atoms with E-state index in [-0.39, 0.29) is 17.4 Å². The van der Waals surface area contributed by atoms with Gasteiger partial charge in [0, 0.05) is 22.2 Å². The quantitative estimate of drug-likeness (QED) is 0.268. The predicted molar refractivity (Wildman–Crippen MR) is 148 cm³/mol. The standard InChI is InChI=1S/C31H20ClFN2O2S/c32-21-6-3-5-20(16-21)26-15-13-23(37-26)17-27-30(36)35-29(19-8-11-22(33)12-9-19)25-14-10-18-4-1-2-7-24(18)28(25)34-31(35)38-27/h1-9,11-13,15-17,29H,10,14H2/b27-17+/t29-/m0/s1. The lowest BCUT2D eigenvalue weighted by Gasteiger charge is -2.30. The molecule has 0 saturated carbocycles. The molecule has 38 heavy (non-hydrogen) atoms. The summed E-state index contributed by atoms with van der Waals surface area (Å²) in [4.78, 5) is 19.5. The Morgan fingerprint density at radius 1 is 1.00 bits per heavy atom. The lowest BCUT2D eigenvalue weighted by Crippen LogP contribution is -2.38. The van der Waals surface area contributed by atoms with Gasteiger partial charge in [-0.1, -0.05) is 71.5 Å². The number of allylic oxidation sites excluding steroid dienone is 1. The van der Waals surface area contributed by atoms with Gasteiger partial charge in [0.1, 0.15) is 17.3 Å². The third-order valence-corrected chi connectivity index (χ3v) is 8.29. The van der Waals surface area contributed by atoms with E-state index < -0.39 is 0 Å². The highest BCUT2D eigenvalue weighted by molar-refractivity contribution is 7.07. The van der Waals surface area contributed by atoms with E-state index in [0.717, 1.165) is 40.8 Å². The molecule has 5 aromatic rings. The second-order valence-corrected chi connectivity index (χ2v) is 10.8. The maximum atomic E-state index is 13.8. The van der Waals surface area contributed by atoms with Crippen molar-refractivity contribution in [3.8, 4) is 11.3 Å². The molecule has 3 aromatic carbocycles. The van der Waals surface area contributed by atoms with Gasteiger partial charge in [-0.25, -0.2) is 9.38 Å². The number of benzene rings is 3. The molecule has 0 saturated heterocycles. The average molecular weight is 539 g/mol. The van der Waals surface area contributed by atoms with Crippen LogP contribution in [0.15, 0.2) is 105 Å². The fraction of sp³-hybridized carbons (Fsp3) is 0.0968. The fourth-order valence-electron chi connectivity index (χ4n) is 5.32.